The zero-order chi connectivity index (χ0) is 26.5. The van der Waals surface area contributed by atoms with Crippen LogP contribution in [-0.2, 0) is 14.0 Å². The van der Waals surface area contributed by atoms with Gasteiger partial charge in [-0.05, 0) is 0 Å². The molecule has 4 heteroatoms. The fraction of sp³-hybridized carbons (Fsp3) is 0.0811. The molecular formula is C37H34Br2SiTi. The van der Waals surface area contributed by atoms with Crippen LogP contribution < -0.4 is 7.74 Å². The molecule has 0 radical (unpaired) electrons. The molecule has 2 unspecified atom stereocenters. The van der Waals surface area contributed by atoms with Gasteiger partial charge < -0.3 is 0 Å². The van der Waals surface area contributed by atoms with E-state index in [1.807, 2.05) is 0 Å². The van der Waals surface area contributed by atoms with Gasteiger partial charge in [0.15, 0.2) is 0 Å². The summed E-state index contributed by atoms with van der Waals surface area (Å²) in [6.07, 6.45) is 7.48. The van der Waals surface area contributed by atoms with Crippen LogP contribution in [0.3, 0.4) is 0 Å². The van der Waals surface area contributed by atoms with Crippen LogP contribution in [-0.4, -0.2) is 7.63 Å². The van der Waals surface area contributed by atoms with Gasteiger partial charge in [0, 0.05) is 0 Å². The molecule has 0 spiro atoms. The van der Waals surface area contributed by atoms with Crippen LogP contribution in [0.2, 0.25) is 0 Å². The molecule has 5 aromatic rings. The van der Waals surface area contributed by atoms with Crippen molar-refractivity contribution in [3.63, 3.8) is 0 Å². The van der Waals surface area contributed by atoms with Crippen LogP contribution in [0.1, 0.15) is 37.6 Å². The van der Waals surface area contributed by atoms with Crippen molar-refractivity contribution >= 4 is 61.5 Å². The van der Waals surface area contributed by atoms with E-state index in [1.165, 1.54) is 39.0 Å². The molecule has 0 heterocycles. The van der Waals surface area contributed by atoms with E-state index in [0.29, 0.717) is 8.45 Å². The first-order valence-corrected chi connectivity index (χ1v) is 21.3. The van der Waals surface area contributed by atoms with Crippen LogP contribution in [0, 0.1) is 0 Å². The number of rotatable bonds is 5. The molecule has 41 heavy (non-hydrogen) atoms. The molecule has 0 amide bonds. The van der Waals surface area contributed by atoms with E-state index < -0.39 is 14.0 Å². The zero-order valence-corrected chi connectivity index (χ0v) is 29.5. The maximum absolute atomic E-state index is 4.07. The third kappa shape index (κ3) is 4.40. The normalized spacial score (nSPS) is 17.1. The summed E-state index contributed by atoms with van der Waals surface area (Å²) in [5.74, 6) is 0. The minimum atomic E-state index is -4.07. The fourth-order valence-electron chi connectivity index (χ4n) is 7.84. The number of hydrogen-bond donors (Lipinski definition) is 0. The van der Waals surface area contributed by atoms with Crippen molar-refractivity contribution in [2.45, 2.75) is 15.4 Å². The number of benzene rings is 5. The Bertz CT molecular complexity index is 1780. The third-order valence-electron chi connectivity index (χ3n) is 9.44. The SMILES string of the molecule is Br.Br.CC1=Cc2ccccc2[CH]1[Ti](=[SiH2])([c]1ccccc1)([c]1ccccc1)[CH]1C=Cc2c(-c3ccccc3)cccc21. The number of halogens is 2. The summed E-state index contributed by atoms with van der Waals surface area (Å²) < 4.78 is 3.77. The van der Waals surface area contributed by atoms with Gasteiger partial charge >= 0.3 is 235 Å². The average molecular weight is 714 g/mol. The quantitative estimate of drug-likeness (QED) is 0.160. The van der Waals surface area contributed by atoms with Gasteiger partial charge in [-0.25, -0.2) is 0 Å². The second-order valence-electron chi connectivity index (χ2n) is 11.3. The second-order valence-corrected chi connectivity index (χ2v) is 26.4. The summed E-state index contributed by atoms with van der Waals surface area (Å²) >= 11 is -4.07. The van der Waals surface area contributed by atoms with Crippen molar-refractivity contribution < 1.29 is 14.0 Å². The van der Waals surface area contributed by atoms with E-state index in [9.17, 15) is 0 Å². The molecule has 0 saturated carbocycles. The van der Waals surface area contributed by atoms with E-state index in [2.05, 4.69) is 166 Å². The molecule has 5 aromatic carbocycles. The molecule has 2 aliphatic rings. The van der Waals surface area contributed by atoms with Gasteiger partial charge in [0.25, 0.3) is 0 Å². The molecule has 0 saturated heterocycles. The molecule has 0 bridgehead atoms. The predicted molar refractivity (Wildman–Crippen MR) is 188 cm³/mol. The van der Waals surface area contributed by atoms with Crippen molar-refractivity contribution in [2.24, 2.45) is 0 Å². The molecule has 2 aliphatic carbocycles. The third-order valence-corrected chi connectivity index (χ3v) is 27.9. The summed E-state index contributed by atoms with van der Waals surface area (Å²) in [4.78, 5) is 0. The molecule has 0 nitrogen and oxygen atoms in total. The summed E-state index contributed by atoms with van der Waals surface area (Å²) in [6.45, 7) is 2.38. The van der Waals surface area contributed by atoms with Crippen LogP contribution in [0.15, 0.2) is 145 Å². The summed E-state index contributed by atoms with van der Waals surface area (Å²) in [6, 6.07) is 50.1. The van der Waals surface area contributed by atoms with E-state index in [0.717, 1.165) is 0 Å². The molecule has 0 aliphatic heterocycles. The van der Waals surface area contributed by atoms with Gasteiger partial charge in [0.2, 0.25) is 0 Å². The van der Waals surface area contributed by atoms with Gasteiger partial charge in [0.05, 0.1) is 0 Å². The second kappa shape index (κ2) is 11.6. The van der Waals surface area contributed by atoms with Gasteiger partial charge in [-0.1, -0.05) is 0 Å². The van der Waals surface area contributed by atoms with Gasteiger partial charge in [-0.2, -0.15) is 0 Å². The maximum atomic E-state index is 2.58. The van der Waals surface area contributed by atoms with Gasteiger partial charge in [-0.3, -0.25) is 0 Å². The topological polar surface area (TPSA) is 0 Å². The van der Waals surface area contributed by atoms with Crippen molar-refractivity contribution in [3.05, 3.63) is 167 Å². The molecule has 0 fully saturated rings. The Morgan fingerprint density at radius 3 is 1.76 bits per heavy atom. The van der Waals surface area contributed by atoms with Crippen molar-refractivity contribution in [1.82, 2.24) is 0 Å². The Kier molecular flexibility index (Phi) is 8.49. The average Bonchev–Trinajstić information content (AvgIpc) is 3.60. The standard InChI is InChI=1S/C15H11.C10H9.2C6H5.2BrH.H2Si.Ti/c1-2-6-12(7-3-1)14-10-4-8-13-9-5-11-15(13)14;1-8-6-9-4-2-3-5-10(9)7-8;2*1-2-4-6-5-3-1;;;;/h1-11H;2-7H,1H3;2*1-5H;2*1H;1H2;. The van der Waals surface area contributed by atoms with Crippen molar-refractivity contribution in [1.29, 1.82) is 0 Å². The van der Waals surface area contributed by atoms with Crippen LogP contribution in [0.4, 0.5) is 0 Å². The molecule has 0 aromatic heterocycles. The number of allylic oxidation sites excluding steroid dienone is 2. The van der Waals surface area contributed by atoms with E-state index in [-0.39, 0.29) is 34.0 Å². The summed E-state index contributed by atoms with van der Waals surface area (Å²) in [5.41, 5.74) is 9.86. The number of fused-ring (bicyclic) bond motifs is 2. The molecule has 204 valence electrons. The first-order chi connectivity index (χ1) is 19.1. The number of hydrogen-bond acceptors (Lipinski definition) is 0. The van der Waals surface area contributed by atoms with Crippen LogP contribution >= 0.6 is 34.0 Å². The first-order valence-electron chi connectivity index (χ1n) is 13.9. The molecule has 7 rings (SSSR count). The minimum absolute atomic E-state index is 0. The molecule has 2 atom stereocenters. The van der Waals surface area contributed by atoms with Crippen molar-refractivity contribution in [2.75, 3.05) is 0 Å². The fourth-order valence-corrected chi connectivity index (χ4v) is 25.4. The first kappa shape index (κ1) is 29.9. The Hall–Kier alpha value is -2.53. The summed E-state index contributed by atoms with van der Waals surface area (Å²) in [5, 5.41) is 0. The summed E-state index contributed by atoms with van der Waals surface area (Å²) in [7, 11) is 2.40. The van der Waals surface area contributed by atoms with Crippen LogP contribution in [0.25, 0.3) is 23.3 Å². The van der Waals surface area contributed by atoms with Crippen LogP contribution in [0.5, 0.6) is 0 Å². The Balaban J connectivity index is 0.00000169. The Morgan fingerprint density at radius 2 is 1.12 bits per heavy atom. The Labute approximate surface area is 267 Å². The van der Waals surface area contributed by atoms with E-state index >= 15 is 0 Å². The van der Waals surface area contributed by atoms with Gasteiger partial charge in [0.1, 0.15) is 0 Å². The van der Waals surface area contributed by atoms with E-state index in [1.54, 1.807) is 7.74 Å². The van der Waals surface area contributed by atoms with Gasteiger partial charge in [-0.15, -0.1) is 34.0 Å². The Morgan fingerprint density at radius 1 is 0.585 bits per heavy atom. The molecular weight excluding hydrogens is 680 g/mol. The zero-order valence-electron chi connectivity index (χ0n) is 23.1. The monoisotopic (exact) mass is 712 g/mol. The van der Waals surface area contributed by atoms with E-state index in [4.69, 9.17) is 0 Å². The molecule has 0 N–H and O–H groups in total. The van der Waals surface area contributed by atoms with Crippen molar-refractivity contribution in [3.8, 4) is 11.1 Å². The predicted octanol–water partition coefficient (Wildman–Crippen LogP) is 8.62.